The zero-order chi connectivity index (χ0) is 19.2. The van der Waals surface area contributed by atoms with Gasteiger partial charge in [0.25, 0.3) is 0 Å². The van der Waals surface area contributed by atoms with Gasteiger partial charge < -0.3 is 10.6 Å². The van der Waals surface area contributed by atoms with Crippen molar-refractivity contribution in [2.24, 2.45) is 11.1 Å². The molecular formula is C21H15FN4O. The van der Waals surface area contributed by atoms with Crippen molar-refractivity contribution in [3.05, 3.63) is 77.2 Å². The second-order valence-electron chi connectivity index (χ2n) is 6.76. The second kappa shape index (κ2) is 5.96. The summed E-state index contributed by atoms with van der Waals surface area (Å²) >= 11 is 0. The Hall–Kier alpha value is -3.64. The molecule has 0 bridgehead atoms. The van der Waals surface area contributed by atoms with Gasteiger partial charge in [0.05, 0.1) is 18.2 Å². The van der Waals surface area contributed by atoms with Crippen molar-refractivity contribution in [2.75, 3.05) is 0 Å². The Morgan fingerprint density at radius 3 is 2.41 bits per heavy atom. The van der Waals surface area contributed by atoms with E-state index in [1.807, 2.05) is 30.3 Å². The Kier molecular flexibility index (Phi) is 3.71. The van der Waals surface area contributed by atoms with Crippen LogP contribution in [0.15, 0.2) is 54.7 Å². The molecule has 2 aromatic carbocycles. The normalized spacial score (nSPS) is 24.4. The van der Waals surface area contributed by atoms with Crippen LogP contribution in [0.1, 0.15) is 28.7 Å². The first-order valence-electron chi connectivity index (χ1n) is 8.45. The fraction of sp³-hybridized carbons (Fsp3) is 0.190. The summed E-state index contributed by atoms with van der Waals surface area (Å²) in [6.07, 6.45) is 3.56. The summed E-state index contributed by atoms with van der Waals surface area (Å²) in [5, 5.41) is 20.2. The SMILES string of the molecule is N#CC1(C#N)[C@H](c2ccc(F)cc2)[C@@H](C(N)=O)N2C=Cc3ccccc3[C@@H]21. The van der Waals surface area contributed by atoms with Gasteiger partial charge in [-0.2, -0.15) is 10.5 Å². The van der Waals surface area contributed by atoms with Crippen molar-refractivity contribution in [3.8, 4) is 12.1 Å². The number of fused-ring (bicyclic) bond motifs is 3. The summed E-state index contributed by atoms with van der Waals surface area (Å²) in [6, 6.07) is 15.8. The highest BCUT2D eigenvalue weighted by Gasteiger charge is 2.63. The number of halogens is 1. The molecule has 0 aromatic heterocycles. The molecule has 4 rings (SSSR count). The van der Waals surface area contributed by atoms with Gasteiger partial charge in [-0.1, -0.05) is 36.4 Å². The monoisotopic (exact) mass is 358 g/mol. The number of carbonyl (C=O) groups is 1. The maximum absolute atomic E-state index is 13.4. The predicted octanol–water partition coefficient (Wildman–Crippen LogP) is 2.84. The molecule has 0 radical (unpaired) electrons. The number of nitrogens with zero attached hydrogens (tertiary/aromatic N) is 3. The Balaban J connectivity index is 2.00. The van der Waals surface area contributed by atoms with Crippen molar-refractivity contribution >= 4 is 12.0 Å². The van der Waals surface area contributed by atoms with Gasteiger partial charge in [-0.3, -0.25) is 4.79 Å². The van der Waals surface area contributed by atoms with Gasteiger partial charge in [0.2, 0.25) is 5.91 Å². The van der Waals surface area contributed by atoms with E-state index in [1.54, 1.807) is 11.1 Å². The molecule has 3 atom stereocenters. The molecule has 2 aliphatic heterocycles. The van der Waals surface area contributed by atoms with E-state index in [2.05, 4.69) is 12.1 Å². The van der Waals surface area contributed by atoms with Crippen LogP contribution in [0, 0.1) is 33.9 Å². The molecule has 1 fully saturated rings. The third-order valence-corrected chi connectivity index (χ3v) is 5.46. The number of benzene rings is 2. The van der Waals surface area contributed by atoms with Crippen LogP contribution in [0.2, 0.25) is 0 Å². The highest BCUT2D eigenvalue weighted by Crippen LogP contribution is 2.59. The lowest BCUT2D eigenvalue weighted by molar-refractivity contribution is -0.122. The third kappa shape index (κ3) is 2.24. The largest absolute Gasteiger partial charge is 0.368 e. The van der Waals surface area contributed by atoms with Crippen molar-refractivity contribution in [1.29, 1.82) is 10.5 Å². The summed E-state index contributed by atoms with van der Waals surface area (Å²) in [7, 11) is 0. The van der Waals surface area contributed by atoms with Crippen LogP contribution in [-0.4, -0.2) is 16.8 Å². The maximum Gasteiger partial charge on any atom is 0.240 e. The van der Waals surface area contributed by atoms with Crippen LogP contribution in [0.3, 0.4) is 0 Å². The van der Waals surface area contributed by atoms with E-state index >= 15 is 0 Å². The van der Waals surface area contributed by atoms with Crippen molar-refractivity contribution in [3.63, 3.8) is 0 Å². The van der Waals surface area contributed by atoms with Gasteiger partial charge in [-0.25, -0.2) is 4.39 Å². The van der Waals surface area contributed by atoms with Crippen LogP contribution in [0.4, 0.5) is 4.39 Å². The van der Waals surface area contributed by atoms with Gasteiger partial charge in [-0.05, 0) is 34.9 Å². The summed E-state index contributed by atoms with van der Waals surface area (Å²) in [5.74, 6) is -1.88. The lowest BCUT2D eigenvalue weighted by Crippen LogP contribution is -2.41. The first-order chi connectivity index (χ1) is 13.0. The molecule has 0 aliphatic carbocycles. The molecule has 0 unspecified atom stereocenters. The summed E-state index contributed by atoms with van der Waals surface area (Å²) in [4.78, 5) is 14.1. The molecule has 0 spiro atoms. The summed E-state index contributed by atoms with van der Waals surface area (Å²) < 4.78 is 13.4. The minimum Gasteiger partial charge on any atom is -0.368 e. The van der Waals surface area contributed by atoms with Gasteiger partial charge in [-0.15, -0.1) is 0 Å². The molecular weight excluding hydrogens is 343 g/mol. The first kappa shape index (κ1) is 16.8. The van der Waals surface area contributed by atoms with E-state index in [-0.39, 0.29) is 0 Å². The molecule has 2 aromatic rings. The minimum atomic E-state index is -1.56. The van der Waals surface area contributed by atoms with Gasteiger partial charge in [0, 0.05) is 12.1 Å². The number of hydrogen-bond acceptors (Lipinski definition) is 4. The highest BCUT2D eigenvalue weighted by atomic mass is 19.1. The number of rotatable bonds is 2. The van der Waals surface area contributed by atoms with Crippen molar-refractivity contribution in [1.82, 2.24) is 4.90 Å². The lowest BCUT2D eigenvalue weighted by Gasteiger charge is -2.34. The molecule has 132 valence electrons. The maximum atomic E-state index is 13.4. The molecule has 27 heavy (non-hydrogen) atoms. The van der Waals surface area contributed by atoms with Crippen LogP contribution in [0.25, 0.3) is 6.08 Å². The number of hydrogen-bond donors (Lipinski definition) is 1. The molecule has 5 nitrogen and oxygen atoms in total. The predicted molar refractivity (Wildman–Crippen MR) is 95.8 cm³/mol. The van der Waals surface area contributed by atoms with E-state index in [0.29, 0.717) is 5.56 Å². The van der Waals surface area contributed by atoms with E-state index in [9.17, 15) is 19.7 Å². The number of nitrogens with two attached hydrogens (primary N) is 1. The number of amides is 1. The molecule has 0 saturated carbocycles. The van der Waals surface area contributed by atoms with Gasteiger partial charge in [0.15, 0.2) is 5.41 Å². The molecule has 1 amide bonds. The van der Waals surface area contributed by atoms with E-state index in [0.717, 1.165) is 11.1 Å². The van der Waals surface area contributed by atoms with E-state index in [1.165, 1.54) is 24.3 Å². The minimum absolute atomic E-state index is 0.435. The molecule has 6 heteroatoms. The first-order valence-corrected chi connectivity index (χ1v) is 8.45. The standard InChI is InChI=1S/C21H15FN4O/c22-15-7-5-14(6-8-15)17-18(20(25)27)26-10-9-13-3-1-2-4-16(13)19(26)21(17,11-23)12-24/h1-10,17-19H,(H2,25,27)/t17-,18+,19-/m1/s1. The van der Waals surface area contributed by atoms with Crippen LogP contribution in [-0.2, 0) is 4.79 Å². The Bertz CT molecular complexity index is 1020. The Morgan fingerprint density at radius 1 is 1.11 bits per heavy atom. The van der Waals surface area contributed by atoms with E-state index < -0.39 is 35.1 Å². The fourth-order valence-electron chi connectivity index (χ4n) is 4.36. The van der Waals surface area contributed by atoms with Crippen molar-refractivity contribution in [2.45, 2.75) is 18.0 Å². The number of primary amides is 1. The van der Waals surface area contributed by atoms with E-state index in [4.69, 9.17) is 5.73 Å². The van der Waals surface area contributed by atoms with Gasteiger partial charge >= 0.3 is 0 Å². The quantitative estimate of drug-likeness (QED) is 0.893. The molecule has 2 N–H and O–H groups in total. The summed E-state index contributed by atoms with van der Waals surface area (Å²) in [5.41, 5.74) is 6.36. The lowest BCUT2D eigenvalue weighted by atomic mass is 9.68. The number of nitriles is 2. The zero-order valence-corrected chi connectivity index (χ0v) is 14.2. The Labute approximate surface area is 155 Å². The average Bonchev–Trinajstić information content (AvgIpc) is 3.00. The summed E-state index contributed by atoms with van der Waals surface area (Å²) in [6.45, 7) is 0. The van der Waals surface area contributed by atoms with Gasteiger partial charge in [0.1, 0.15) is 11.9 Å². The fourth-order valence-corrected chi connectivity index (χ4v) is 4.36. The average molecular weight is 358 g/mol. The van der Waals surface area contributed by atoms with Crippen LogP contribution >= 0.6 is 0 Å². The van der Waals surface area contributed by atoms with Crippen LogP contribution in [0.5, 0.6) is 0 Å². The smallest absolute Gasteiger partial charge is 0.240 e. The van der Waals surface area contributed by atoms with Crippen LogP contribution < -0.4 is 5.73 Å². The topological polar surface area (TPSA) is 93.9 Å². The molecule has 1 saturated heterocycles. The highest BCUT2D eigenvalue weighted by molar-refractivity contribution is 5.83. The molecule has 2 heterocycles. The zero-order valence-electron chi connectivity index (χ0n) is 14.2. The second-order valence-corrected chi connectivity index (χ2v) is 6.76. The number of carbonyl (C=O) groups excluding carboxylic acids is 1. The third-order valence-electron chi connectivity index (χ3n) is 5.46. The van der Waals surface area contributed by atoms with Crippen molar-refractivity contribution < 1.29 is 9.18 Å². The molecule has 2 aliphatic rings. The Morgan fingerprint density at radius 2 is 1.78 bits per heavy atom.